The summed E-state index contributed by atoms with van der Waals surface area (Å²) in [6, 6.07) is 5.49. The topological polar surface area (TPSA) is 41.1 Å². The van der Waals surface area contributed by atoms with Crippen molar-refractivity contribution in [3.63, 3.8) is 0 Å². The van der Waals surface area contributed by atoms with E-state index in [1.807, 2.05) is 12.1 Å². The number of carbonyl (C=O) groups excluding carboxylic acids is 1. The zero-order chi connectivity index (χ0) is 12.7. The highest BCUT2D eigenvalue weighted by atomic mass is 35.5. The van der Waals surface area contributed by atoms with Crippen LogP contribution in [0, 0.1) is 0 Å². The Kier molecular flexibility index (Phi) is 6.34. The first-order chi connectivity index (χ1) is 8.13. The summed E-state index contributed by atoms with van der Waals surface area (Å²) in [4.78, 5) is 10.9. The van der Waals surface area contributed by atoms with Crippen molar-refractivity contribution in [2.24, 2.45) is 0 Å². The molecule has 0 spiro atoms. The molecule has 94 valence electrons. The minimum atomic E-state index is 0.0435. The van der Waals surface area contributed by atoms with Crippen molar-refractivity contribution in [1.29, 1.82) is 0 Å². The molecule has 1 aromatic carbocycles. The van der Waals surface area contributed by atoms with Gasteiger partial charge < -0.3 is 10.6 Å². The van der Waals surface area contributed by atoms with Gasteiger partial charge in [0.1, 0.15) is 0 Å². The van der Waals surface area contributed by atoms with Gasteiger partial charge in [0.2, 0.25) is 5.91 Å². The number of amides is 1. The lowest BCUT2D eigenvalue weighted by Crippen LogP contribution is -2.26. The van der Waals surface area contributed by atoms with Crippen LogP contribution in [0.4, 0.5) is 0 Å². The van der Waals surface area contributed by atoms with Crippen LogP contribution in [-0.2, 0) is 11.2 Å². The summed E-state index contributed by atoms with van der Waals surface area (Å²) >= 11 is 11.8. The monoisotopic (exact) mass is 274 g/mol. The zero-order valence-corrected chi connectivity index (χ0v) is 11.2. The molecule has 0 aromatic heterocycles. The molecule has 0 heterocycles. The van der Waals surface area contributed by atoms with Crippen LogP contribution in [0.5, 0.6) is 0 Å². The maximum atomic E-state index is 10.9. The van der Waals surface area contributed by atoms with E-state index in [9.17, 15) is 4.79 Å². The Morgan fingerprint density at radius 2 is 2.06 bits per heavy atom. The van der Waals surface area contributed by atoms with Crippen LogP contribution < -0.4 is 10.6 Å². The number of hydrogen-bond acceptors (Lipinski definition) is 2. The summed E-state index contributed by atoms with van der Waals surface area (Å²) in [5.74, 6) is 0.0435. The van der Waals surface area contributed by atoms with Gasteiger partial charge in [-0.3, -0.25) is 4.79 Å². The van der Waals surface area contributed by atoms with E-state index in [2.05, 4.69) is 10.6 Å². The summed E-state index contributed by atoms with van der Waals surface area (Å²) in [5.41, 5.74) is 1.06. The molecule has 0 aliphatic rings. The van der Waals surface area contributed by atoms with E-state index in [0.29, 0.717) is 23.0 Å². The van der Waals surface area contributed by atoms with Gasteiger partial charge in [-0.25, -0.2) is 0 Å². The molecular weight excluding hydrogens is 259 g/mol. The Morgan fingerprint density at radius 3 is 2.71 bits per heavy atom. The normalized spacial score (nSPS) is 10.3. The number of carbonyl (C=O) groups is 1. The summed E-state index contributed by atoms with van der Waals surface area (Å²) in [6.07, 6.45) is 1.31. The first kappa shape index (κ1) is 14.3. The van der Waals surface area contributed by atoms with Crippen LogP contribution in [0.25, 0.3) is 0 Å². The number of nitrogens with one attached hydrogen (secondary N) is 2. The molecule has 0 radical (unpaired) electrons. The largest absolute Gasteiger partial charge is 0.359 e. The van der Waals surface area contributed by atoms with Crippen LogP contribution in [0.3, 0.4) is 0 Å². The molecular formula is C12H16Cl2N2O. The molecule has 0 atom stereocenters. The zero-order valence-electron chi connectivity index (χ0n) is 9.72. The van der Waals surface area contributed by atoms with Crippen molar-refractivity contribution in [1.82, 2.24) is 10.6 Å². The molecule has 0 unspecified atom stereocenters. The lowest BCUT2D eigenvalue weighted by atomic mass is 10.1. The van der Waals surface area contributed by atoms with Gasteiger partial charge in [0.05, 0.1) is 0 Å². The van der Waals surface area contributed by atoms with E-state index < -0.39 is 0 Å². The van der Waals surface area contributed by atoms with Gasteiger partial charge in [0.15, 0.2) is 0 Å². The van der Waals surface area contributed by atoms with Crippen molar-refractivity contribution in [2.45, 2.75) is 12.8 Å². The van der Waals surface area contributed by atoms with E-state index in [1.54, 1.807) is 13.1 Å². The van der Waals surface area contributed by atoms with E-state index in [1.165, 1.54) is 0 Å². The van der Waals surface area contributed by atoms with Gasteiger partial charge in [-0.1, -0.05) is 29.3 Å². The molecule has 0 saturated carbocycles. The minimum Gasteiger partial charge on any atom is -0.359 e. The average Bonchev–Trinajstić information content (AvgIpc) is 2.30. The SMILES string of the molecule is CNC(=O)CCNCCc1ccc(Cl)cc1Cl. The van der Waals surface area contributed by atoms with Gasteiger partial charge in [-0.05, 0) is 30.7 Å². The lowest BCUT2D eigenvalue weighted by Gasteiger charge is -2.06. The highest BCUT2D eigenvalue weighted by Crippen LogP contribution is 2.20. The van der Waals surface area contributed by atoms with E-state index in [4.69, 9.17) is 23.2 Å². The van der Waals surface area contributed by atoms with Crippen LogP contribution >= 0.6 is 23.2 Å². The molecule has 1 aromatic rings. The molecule has 5 heteroatoms. The summed E-state index contributed by atoms with van der Waals surface area (Å²) in [7, 11) is 1.63. The van der Waals surface area contributed by atoms with E-state index >= 15 is 0 Å². The first-order valence-electron chi connectivity index (χ1n) is 5.48. The van der Waals surface area contributed by atoms with Crippen LogP contribution in [-0.4, -0.2) is 26.0 Å². The number of benzene rings is 1. The highest BCUT2D eigenvalue weighted by Gasteiger charge is 2.01. The predicted molar refractivity (Wildman–Crippen MR) is 71.7 cm³/mol. The van der Waals surface area contributed by atoms with Crippen molar-refractivity contribution < 1.29 is 4.79 Å². The smallest absolute Gasteiger partial charge is 0.221 e. The maximum Gasteiger partial charge on any atom is 0.221 e. The van der Waals surface area contributed by atoms with Crippen LogP contribution in [0.2, 0.25) is 10.0 Å². The second-order valence-electron chi connectivity index (χ2n) is 3.66. The fraction of sp³-hybridized carbons (Fsp3) is 0.417. The van der Waals surface area contributed by atoms with Gasteiger partial charge in [0.25, 0.3) is 0 Å². The third kappa shape index (κ3) is 5.39. The van der Waals surface area contributed by atoms with Crippen molar-refractivity contribution in [3.05, 3.63) is 33.8 Å². The number of hydrogen-bond donors (Lipinski definition) is 2. The molecule has 0 saturated heterocycles. The number of halogens is 2. The van der Waals surface area contributed by atoms with Gasteiger partial charge in [0, 0.05) is 30.1 Å². The Bertz CT molecular complexity index is 383. The van der Waals surface area contributed by atoms with Gasteiger partial charge in [-0.2, -0.15) is 0 Å². The van der Waals surface area contributed by atoms with Crippen LogP contribution in [0.15, 0.2) is 18.2 Å². The Morgan fingerprint density at radius 1 is 1.29 bits per heavy atom. The molecule has 1 rings (SSSR count). The highest BCUT2D eigenvalue weighted by molar-refractivity contribution is 6.35. The Labute approximate surface area is 111 Å². The summed E-state index contributed by atoms with van der Waals surface area (Å²) in [6.45, 7) is 1.46. The Balaban J connectivity index is 2.24. The fourth-order valence-corrected chi connectivity index (χ4v) is 1.90. The quantitative estimate of drug-likeness (QED) is 0.782. The molecule has 0 aliphatic carbocycles. The molecule has 0 fully saturated rings. The second-order valence-corrected chi connectivity index (χ2v) is 4.50. The minimum absolute atomic E-state index is 0.0435. The maximum absolute atomic E-state index is 10.9. The average molecular weight is 275 g/mol. The Hall–Kier alpha value is -0.770. The molecule has 0 aliphatic heterocycles. The van der Waals surface area contributed by atoms with E-state index in [0.717, 1.165) is 18.5 Å². The molecule has 3 nitrogen and oxygen atoms in total. The van der Waals surface area contributed by atoms with Crippen molar-refractivity contribution in [2.75, 3.05) is 20.1 Å². The van der Waals surface area contributed by atoms with Crippen molar-refractivity contribution in [3.8, 4) is 0 Å². The number of rotatable bonds is 6. The van der Waals surface area contributed by atoms with E-state index in [-0.39, 0.29) is 5.91 Å². The molecule has 2 N–H and O–H groups in total. The second kappa shape index (κ2) is 7.54. The van der Waals surface area contributed by atoms with Crippen LogP contribution in [0.1, 0.15) is 12.0 Å². The third-order valence-electron chi connectivity index (χ3n) is 2.39. The van der Waals surface area contributed by atoms with Gasteiger partial charge >= 0.3 is 0 Å². The fourth-order valence-electron chi connectivity index (χ4n) is 1.40. The summed E-state index contributed by atoms with van der Waals surface area (Å²) in [5, 5.41) is 7.09. The third-order valence-corrected chi connectivity index (χ3v) is 2.98. The predicted octanol–water partition coefficient (Wildman–Crippen LogP) is 2.26. The molecule has 17 heavy (non-hydrogen) atoms. The lowest BCUT2D eigenvalue weighted by molar-refractivity contribution is -0.120. The molecule has 1 amide bonds. The molecule has 0 bridgehead atoms. The van der Waals surface area contributed by atoms with Crippen molar-refractivity contribution >= 4 is 29.1 Å². The first-order valence-corrected chi connectivity index (χ1v) is 6.24. The summed E-state index contributed by atoms with van der Waals surface area (Å²) < 4.78 is 0. The standard InChI is InChI=1S/C12H16Cl2N2O/c1-15-12(17)5-7-16-6-4-9-2-3-10(13)8-11(9)14/h2-3,8,16H,4-7H2,1H3,(H,15,17). The van der Waals surface area contributed by atoms with Gasteiger partial charge in [-0.15, -0.1) is 0 Å².